The van der Waals surface area contributed by atoms with Gasteiger partial charge in [0.25, 0.3) is 0 Å². The van der Waals surface area contributed by atoms with Crippen LogP contribution in [0.15, 0.2) is 12.4 Å². The van der Waals surface area contributed by atoms with Crippen LogP contribution in [0.1, 0.15) is 12.8 Å². The molecule has 0 bridgehead atoms. The van der Waals surface area contributed by atoms with Crippen molar-refractivity contribution in [1.29, 1.82) is 0 Å². The zero-order chi connectivity index (χ0) is 13.1. The molecule has 98 valence electrons. The Kier molecular flexibility index (Phi) is 3.64. The summed E-state index contributed by atoms with van der Waals surface area (Å²) in [5, 5.41) is 8.80. The van der Waals surface area contributed by atoms with E-state index in [-0.39, 0.29) is 12.3 Å². The summed E-state index contributed by atoms with van der Waals surface area (Å²) in [5.74, 6) is 1.24. The fraction of sp³-hybridized carbons (Fsp3) is 0.583. The van der Waals surface area contributed by atoms with Gasteiger partial charge >= 0.3 is 5.97 Å². The van der Waals surface area contributed by atoms with Gasteiger partial charge in [0, 0.05) is 39.7 Å². The average Bonchev–Trinajstić information content (AvgIpc) is 2.77. The molecule has 0 aliphatic carbocycles. The molecular formula is C12H18N4O2. The van der Waals surface area contributed by atoms with E-state index >= 15 is 0 Å². The van der Waals surface area contributed by atoms with Crippen LogP contribution in [0.5, 0.6) is 0 Å². The molecule has 1 aliphatic rings. The van der Waals surface area contributed by atoms with Gasteiger partial charge in [0.05, 0.1) is 0 Å². The number of carbonyl (C=O) groups is 1. The molecule has 2 rings (SSSR count). The molecule has 1 aromatic rings. The normalized spacial score (nSPS) is 19.0. The first-order valence-corrected chi connectivity index (χ1v) is 6.02. The van der Waals surface area contributed by atoms with Gasteiger partial charge in [-0.2, -0.15) is 0 Å². The fourth-order valence-corrected chi connectivity index (χ4v) is 2.21. The lowest BCUT2D eigenvalue weighted by Crippen LogP contribution is -2.22. The Bertz CT molecular complexity index is 436. The summed E-state index contributed by atoms with van der Waals surface area (Å²) < 4.78 is 0. The van der Waals surface area contributed by atoms with Crippen LogP contribution in [0.25, 0.3) is 0 Å². The van der Waals surface area contributed by atoms with Crippen LogP contribution in [0, 0.1) is 5.92 Å². The first-order valence-electron chi connectivity index (χ1n) is 6.02. The molecular weight excluding hydrogens is 232 g/mol. The van der Waals surface area contributed by atoms with E-state index in [0.29, 0.717) is 0 Å². The third kappa shape index (κ3) is 2.88. The third-order valence-corrected chi connectivity index (χ3v) is 3.17. The van der Waals surface area contributed by atoms with Crippen molar-refractivity contribution in [3.63, 3.8) is 0 Å². The van der Waals surface area contributed by atoms with Crippen molar-refractivity contribution in [2.24, 2.45) is 5.92 Å². The Morgan fingerprint density at radius 3 is 3.00 bits per heavy atom. The molecule has 1 N–H and O–H groups in total. The van der Waals surface area contributed by atoms with E-state index in [4.69, 9.17) is 5.11 Å². The molecule has 0 saturated carbocycles. The van der Waals surface area contributed by atoms with Gasteiger partial charge in [0.1, 0.15) is 18.0 Å². The second kappa shape index (κ2) is 5.20. The van der Waals surface area contributed by atoms with Crippen molar-refractivity contribution in [2.75, 3.05) is 37.0 Å². The van der Waals surface area contributed by atoms with Gasteiger partial charge in [-0.15, -0.1) is 0 Å². The average molecular weight is 250 g/mol. The van der Waals surface area contributed by atoms with Gasteiger partial charge < -0.3 is 14.9 Å². The minimum atomic E-state index is -0.724. The molecule has 1 fully saturated rings. The summed E-state index contributed by atoms with van der Waals surface area (Å²) in [5.41, 5.74) is 0. The Hall–Kier alpha value is -1.85. The predicted molar refractivity (Wildman–Crippen MR) is 68.9 cm³/mol. The van der Waals surface area contributed by atoms with E-state index in [1.807, 2.05) is 25.1 Å². The number of hydrogen-bond acceptors (Lipinski definition) is 5. The highest BCUT2D eigenvalue weighted by atomic mass is 16.4. The van der Waals surface area contributed by atoms with Crippen molar-refractivity contribution >= 4 is 17.6 Å². The zero-order valence-corrected chi connectivity index (χ0v) is 10.7. The van der Waals surface area contributed by atoms with E-state index in [2.05, 4.69) is 14.9 Å². The molecule has 18 heavy (non-hydrogen) atoms. The molecule has 1 atom stereocenters. The van der Waals surface area contributed by atoms with Gasteiger partial charge in [0.15, 0.2) is 0 Å². The Balaban J connectivity index is 2.05. The highest BCUT2D eigenvalue weighted by molar-refractivity contribution is 5.67. The van der Waals surface area contributed by atoms with E-state index in [9.17, 15) is 4.79 Å². The molecule has 0 radical (unpaired) electrons. The molecule has 6 heteroatoms. The smallest absolute Gasteiger partial charge is 0.303 e. The summed E-state index contributed by atoms with van der Waals surface area (Å²) in [6.45, 7) is 1.62. The second-order valence-corrected chi connectivity index (χ2v) is 4.83. The first-order chi connectivity index (χ1) is 8.56. The molecule has 2 heterocycles. The quantitative estimate of drug-likeness (QED) is 0.854. The summed E-state index contributed by atoms with van der Waals surface area (Å²) in [4.78, 5) is 23.2. The van der Waals surface area contributed by atoms with Crippen LogP contribution in [-0.4, -0.2) is 48.2 Å². The molecule has 1 unspecified atom stereocenters. The molecule has 0 aromatic carbocycles. The molecule has 1 aromatic heterocycles. The minimum Gasteiger partial charge on any atom is -0.481 e. The molecule has 1 saturated heterocycles. The third-order valence-electron chi connectivity index (χ3n) is 3.17. The highest BCUT2D eigenvalue weighted by Gasteiger charge is 2.25. The van der Waals surface area contributed by atoms with Crippen LogP contribution in [0.4, 0.5) is 11.6 Å². The standard InChI is InChI=1S/C12H18N4O2/c1-15(2)10-6-11(14-8-13-10)16-4-3-9(7-16)5-12(17)18/h6,8-9H,3-5,7H2,1-2H3,(H,17,18). The van der Waals surface area contributed by atoms with Gasteiger partial charge in [0.2, 0.25) is 0 Å². The topological polar surface area (TPSA) is 69.6 Å². The Morgan fingerprint density at radius 2 is 2.33 bits per heavy atom. The van der Waals surface area contributed by atoms with Crippen LogP contribution in [0.3, 0.4) is 0 Å². The fourth-order valence-electron chi connectivity index (χ4n) is 2.21. The number of carboxylic acids is 1. The molecule has 1 aliphatic heterocycles. The van der Waals surface area contributed by atoms with Crippen molar-refractivity contribution in [3.05, 3.63) is 12.4 Å². The number of hydrogen-bond donors (Lipinski definition) is 1. The monoisotopic (exact) mass is 250 g/mol. The number of nitrogens with zero attached hydrogens (tertiary/aromatic N) is 4. The maximum absolute atomic E-state index is 10.7. The lowest BCUT2D eigenvalue weighted by molar-refractivity contribution is -0.137. The number of aliphatic carboxylic acids is 1. The van der Waals surface area contributed by atoms with Crippen molar-refractivity contribution in [2.45, 2.75) is 12.8 Å². The van der Waals surface area contributed by atoms with Crippen molar-refractivity contribution < 1.29 is 9.90 Å². The maximum Gasteiger partial charge on any atom is 0.303 e. The maximum atomic E-state index is 10.7. The summed E-state index contributed by atoms with van der Waals surface area (Å²) in [6, 6.07) is 1.93. The van der Waals surface area contributed by atoms with Crippen LogP contribution < -0.4 is 9.80 Å². The largest absolute Gasteiger partial charge is 0.481 e. The predicted octanol–water partition coefficient (Wildman–Crippen LogP) is 0.844. The van der Waals surface area contributed by atoms with Crippen LogP contribution >= 0.6 is 0 Å². The Morgan fingerprint density at radius 1 is 1.56 bits per heavy atom. The van der Waals surface area contributed by atoms with E-state index < -0.39 is 5.97 Å². The van der Waals surface area contributed by atoms with Gasteiger partial charge in [-0.25, -0.2) is 9.97 Å². The minimum absolute atomic E-state index is 0.222. The summed E-state index contributed by atoms with van der Waals surface area (Å²) in [7, 11) is 3.87. The van der Waals surface area contributed by atoms with E-state index in [0.717, 1.165) is 31.1 Å². The SMILES string of the molecule is CN(C)c1cc(N2CCC(CC(=O)O)C2)ncn1. The van der Waals surface area contributed by atoms with Gasteiger partial charge in [-0.3, -0.25) is 4.79 Å². The van der Waals surface area contributed by atoms with Gasteiger partial charge in [-0.05, 0) is 12.3 Å². The number of rotatable bonds is 4. The number of anilines is 2. The molecule has 6 nitrogen and oxygen atoms in total. The van der Waals surface area contributed by atoms with E-state index in [1.165, 1.54) is 0 Å². The van der Waals surface area contributed by atoms with Crippen LogP contribution in [0.2, 0.25) is 0 Å². The number of carboxylic acid groups (broad SMARTS) is 1. The van der Waals surface area contributed by atoms with Crippen LogP contribution in [-0.2, 0) is 4.79 Å². The Labute approximate surface area is 106 Å². The van der Waals surface area contributed by atoms with Crippen molar-refractivity contribution in [1.82, 2.24) is 9.97 Å². The van der Waals surface area contributed by atoms with E-state index in [1.54, 1.807) is 6.33 Å². The zero-order valence-electron chi connectivity index (χ0n) is 10.7. The lowest BCUT2D eigenvalue weighted by Gasteiger charge is -2.19. The summed E-state index contributed by atoms with van der Waals surface area (Å²) in [6.07, 6.45) is 2.70. The molecule has 0 amide bonds. The van der Waals surface area contributed by atoms with Crippen molar-refractivity contribution in [3.8, 4) is 0 Å². The van der Waals surface area contributed by atoms with Gasteiger partial charge in [-0.1, -0.05) is 0 Å². The molecule has 0 spiro atoms. The highest BCUT2D eigenvalue weighted by Crippen LogP contribution is 2.25. The first kappa shape index (κ1) is 12.6. The summed E-state index contributed by atoms with van der Waals surface area (Å²) >= 11 is 0. The second-order valence-electron chi connectivity index (χ2n) is 4.83. The number of aromatic nitrogens is 2. The lowest BCUT2D eigenvalue weighted by atomic mass is 10.1.